The van der Waals surface area contributed by atoms with Crippen LogP contribution in [0.25, 0.3) is 0 Å². The van der Waals surface area contributed by atoms with Crippen LogP contribution in [0.4, 0.5) is 5.95 Å². The summed E-state index contributed by atoms with van der Waals surface area (Å²) in [6, 6.07) is 0. The summed E-state index contributed by atoms with van der Waals surface area (Å²) in [6.07, 6.45) is 10.6. The van der Waals surface area contributed by atoms with Gasteiger partial charge in [0.15, 0.2) is 12.1 Å². The lowest BCUT2D eigenvalue weighted by atomic mass is 9.75. The Labute approximate surface area is 148 Å². The molecule has 7 nitrogen and oxygen atoms in total. The van der Waals surface area contributed by atoms with Crippen LogP contribution in [0.3, 0.4) is 0 Å². The Morgan fingerprint density at radius 2 is 1.80 bits per heavy atom. The smallest absolute Gasteiger partial charge is 0.228 e. The van der Waals surface area contributed by atoms with Gasteiger partial charge in [0, 0.05) is 6.54 Å². The molecule has 2 N–H and O–H groups in total. The first-order valence-electron chi connectivity index (χ1n) is 9.63. The molecule has 0 radical (unpaired) electrons. The number of nitrogens with zero attached hydrogens (tertiary/aromatic N) is 4. The summed E-state index contributed by atoms with van der Waals surface area (Å²) in [6.45, 7) is 4.13. The molecule has 2 unspecified atom stereocenters. The van der Waals surface area contributed by atoms with Gasteiger partial charge in [0.25, 0.3) is 0 Å². The maximum Gasteiger partial charge on any atom is 0.228 e. The number of fused-ring (bicyclic) bond motifs is 2. The van der Waals surface area contributed by atoms with Crippen LogP contribution in [-0.2, 0) is 4.74 Å². The molecule has 4 aliphatic heterocycles. The molecule has 5 fully saturated rings. The SMILES string of the molecule is NC1OC2(CN3CCC2CC3)CN1c1ncc(OC2CCCC2)cn1. The second-order valence-corrected chi connectivity index (χ2v) is 7.99. The van der Waals surface area contributed by atoms with Gasteiger partial charge in [0.05, 0.1) is 25.0 Å². The van der Waals surface area contributed by atoms with Gasteiger partial charge in [0.2, 0.25) is 5.95 Å². The molecular weight excluding hydrogens is 318 g/mol. The zero-order chi connectivity index (χ0) is 16.9. The molecule has 5 heterocycles. The quantitative estimate of drug-likeness (QED) is 0.886. The third-order valence-electron chi connectivity index (χ3n) is 6.40. The summed E-state index contributed by atoms with van der Waals surface area (Å²) in [5, 5.41) is 0. The lowest BCUT2D eigenvalue weighted by Gasteiger charge is -2.50. The van der Waals surface area contributed by atoms with E-state index < -0.39 is 6.35 Å². The minimum absolute atomic E-state index is 0.154. The van der Waals surface area contributed by atoms with Crippen LogP contribution < -0.4 is 15.4 Å². The number of hydrogen-bond acceptors (Lipinski definition) is 7. The average Bonchev–Trinajstić information content (AvgIpc) is 3.25. The highest BCUT2D eigenvalue weighted by molar-refractivity contribution is 5.35. The van der Waals surface area contributed by atoms with Crippen molar-refractivity contribution in [3.05, 3.63) is 12.4 Å². The van der Waals surface area contributed by atoms with E-state index in [9.17, 15) is 0 Å². The highest BCUT2D eigenvalue weighted by Gasteiger charge is 2.54. The van der Waals surface area contributed by atoms with Crippen LogP contribution in [0.15, 0.2) is 12.4 Å². The van der Waals surface area contributed by atoms with Crippen LogP contribution in [0.2, 0.25) is 0 Å². The number of nitrogens with two attached hydrogens (primary N) is 1. The third-order valence-corrected chi connectivity index (χ3v) is 6.40. The van der Waals surface area contributed by atoms with Crippen molar-refractivity contribution in [2.75, 3.05) is 31.1 Å². The molecule has 0 amide bonds. The van der Waals surface area contributed by atoms with Crippen LogP contribution in [0, 0.1) is 5.92 Å². The Balaban J connectivity index is 1.30. The first-order chi connectivity index (χ1) is 12.2. The molecule has 25 heavy (non-hydrogen) atoms. The van der Waals surface area contributed by atoms with Gasteiger partial charge in [-0.05, 0) is 57.5 Å². The van der Waals surface area contributed by atoms with Crippen molar-refractivity contribution >= 4 is 5.95 Å². The molecule has 1 aliphatic carbocycles. The maximum absolute atomic E-state index is 6.29. The maximum atomic E-state index is 6.29. The molecule has 1 aromatic rings. The molecule has 7 heteroatoms. The first kappa shape index (κ1) is 15.8. The summed E-state index contributed by atoms with van der Waals surface area (Å²) in [4.78, 5) is 13.5. The molecule has 6 rings (SSSR count). The van der Waals surface area contributed by atoms with Crippen molar-refractivity contribution in [3.63, 3.8) is 0 Å². The summed E-state index contributed by atoms with van der Waals surface area (Å²) in [5.74, 6) is 1.99. The normalized spacial score (nSPS) is 38.0. The van der Waals surface area contributed by atoms with Crippen molar-refractivity contribution in [1.29, 1.82) is 0 Å². The van der Waals surface area contributed by atoms with Crippen LogP contribution >= 0.6 is 0 Å². The topological polar surface area (TPSA) is 76.7 Å². The highest BCUT2D eigenvalue weighted by Crippen LogP contribution is 2.43. The molecule has 5 aliphatic rings. The second kappa shape index (κ2) is 6.07. The number of piperidine rings is 3. The Hall–Kier alpha value is -1.44. The zero-order valence-corrected chi connectivity index (χ0v) is 14.6. The molecule has 1 saturated carbocycles. The molecule has 0 aromatic carbocycles. The van der Waals surface area contributed by atoms with Crippen molar-refractivity contribution in [2.45, 2.75) is 56.6 Å². The fraction of sp³-hybridized carbons (Fsp3) is 0.778. The van der Waals surface area contributed by atoms with E-state index in [0.717, 1.165) is 31.7 Å². The standard InChI is InChI=1S/C18H27N5O2/c19-16-23(12-18(25-16)11-22-7-5-13(18)6-8-22)17-20-9-15(10-21-17)24-14-3-1-2-4-14/h9-10,13-14,16H,1-8,11-12,19H2. The van der Waals surface area contributed by atoms with Gasteiger partial charge >= 0.3 is 0 Å². The number of aromatic nitrogens is 2. The summed E-state index contributed by atoms with van der Waals surface area (Å²) in [5.41, 5.74) is 6.14. The van der Waals surface area contributed by atoms with Crippen molar-refractivity contribution < 1.29 is 9.47 Å². The fourth-order valence-corrected chi connectivity index (χ4v) is 5.06. The van der Waals surface area contributed by atoms with E-state index in [2.05, 4.69) is 14.9 Å². The fourth-order valence-electron chi connectivity index (χ4n) is 5.06. The van der Waals surface area contributed by atoms with Crippen molar-refractivity contribution in [2.24, 2.45) is 11.7 Å². The molecule has 136 valence electrons. The van der Waals surface area contributed by atoms with E-state index >= 15 is 0 Å². The number of hydrogen-bond donors (Lipinski definition) is 1. The number of anilines is 1. The molecule has 2 bridgehead atoms. The van der Waals surface area contributed by atoms with Gasteiger partial charge in [0.1, 0.15) is 5.60 Å². The molecule has 2 atom stereocenters. The van der Waals surface area contributed by atoms with E-state index in [1.807, 2.05) is 4.90 Å². The molecular formula is C18H27N5O2. The van der Waals surface area contributed by atoms with Gasteiger partial charge in [-0.25, -0.2) is 9.97 Å². The predicted molar refractivity (Wildman–Crippen MR) is 93.2 cm³/mol. The van der Waals surface area contributed by atoms with Crippen molar-refractivity contribution in [3.8, 4) is 5.75 Å². The molecule has 1 aromatic heterocycles. The van der Waals surface area contributed by atoms with Gasteiger partial charge in [-0.15, -0.1) is 0 Å². The summed E-state index contributed by atoms with van der Waals surface area (Å²) < 4.78 is 12.2. The minimum Gasteiger partial charge on any atom is -0.487 e. The Morgan fingerprint density at radius 3 is 2.44 bits per heavy atom. The highest BCUT2D eigenvalue weighted by atomic mass is 16.6. The molecule has 1 spiro atoms. The summed E-state index contributed by atoms with van der Waals surface area (Å²) in [7, 11) is 0. The van der Waals surface area contributed by atoms with E-state index in [1.165, 1.54) is 38.8 Å². The van der Waals surface area contributed by atoms with Gasteiger partial charge in [-0.3, -0.25) is 10.6 Å². The average molecular weight is 345 g/mol. The molecule has 4 saturated heterocycles. The number of rotatable bonds is 3. The first-order valence-corrected chi connectivity index (χ1v) is 9.63. The Bertz CT molecular complexity index is 612. The lowest BCUT2D eigenvalue weighted by molar-refractivity contribution is -0.137. The lowest BCUT2D eigenvalue weighted by Crippen LogP contribution is -2.61. The van der Waals surface area contributed by atoms with E-state index in [4.69, 9.17) is 15.2 Å². The van der Waals surface area contributed by atoms with Crippen LogP contribution in [-0.4, -0.2) is 59.1 Å². The second-order valence-electron chi connectivity index (χ2n) is 7.99. The van der Waals surface area contributed by atoms with Gasteiger partial charge < -0.3 is 14.4 Å². The van der Waals surface area contributed by atoms with Gasteiger partial charge in [-0.1, -0.05) is 0 Å². The van der Waals surface area contributed by atoms with E-state index in [1.54, 1.807) is 12.4 Å². The Kier molecular flexibility index (Phi) is 3.83. The largest absolute Gasteiger partial charge is 0.487 e. The number of ether oxygens (including phenoxy) is 2. The monoisotopic (exact) mass is 345 g/mol. The third kappa shape index (κ3) is 2.78. The minimum atomic E-state index is -0.470. The summed E-state index contributed by atoms with van der Waals surface area (Å²) >= 11 is 0. The van der Waals surface area contributed by atoms with Crippen LogP contribution in [0.1, 0.15) is 38.5 Å². The van der Waals surface area contributed by atoms with Crippen molar-refractivity contribution in [1.82, 2.24) is 14.9 Å². The zero-order valence-electron chi connectivity index (χ0n) is 14.6. The van der Waals surface area contributed by atoms with E-state index in [0.29, 0.717) is 18.0 Å². The van der Waals surface area contributed by atoms with Crippen LogP contribution in [0.5, 0.6) is 5.75 Å². The van der Waals surface area contributed by atoms with Gasteiger partial charge in [-0.2, -0.15) is 0 Å². The Morgan fingerprint density at radius 1 is 1.08 bits per heavy atom. The predicted octanol–water partition coefficient (Wildman–Crippen LogP) is 1.34. The van der Waals surface area contributed by atoms with E-state index in [-0.39, 0.29) is 5.60 Å².